The number of hydrogen-bond acceptors (Lipinski definition) is 35. The second-order valence-electron chi connectivity index (χ2n) is 32.7. The maximum absolute atomic E-state index is 15.6. The highest BCUT2D eigenvalue weighted by Crippen LogP contribution is 2.76. The average molecular weight is 1470 g/mol. The highest BCUT2D eigenvalue weighted by molar-refractivity contribution is 5.80. The first kappa shape index (κ1) is 79.4. The van der Waals surface area contributed by atoms with Gasteiger partial charge in [-0.2, -0.15) is 0 Å². The third-order valence-electron chi connectivity index (χ3n) is 26.0. The molecule has 0 aromatic heterocycles. The molecule has 0 radical (unpaired) electrons. The Labute approximate surface area is 588 Å². The minimum Gasteiger partial charge on any atom is -0.432 e. The third-order valence-corrected chi connectivity index (χ3v) is 26.0. The Hall–Kier alpha value is -2.11. The van der Waals surface area contributed by atoms with Crippen molar-refractivity contribution in [1.29, 1.82) is 0 Å². The standard InChI is InChI=1S/C67H108O35/c1-25-47(96-55-45(85)48(32(75)21-91-55)97-59-52(66(88,23-70)24-93-59)101-54-43(83)38(78)30(73)19-90-54)41(81)44(84)56(94-25)99-50-39(79)31(74)20-92-58(50)102-60(87)67-13-12-61(2,3)14-27(67)26-8-9-35-62(4)15-28(71)51(63(5,22-69)34(62)10-11-64(35,6)65(26,7)16-36(67)76)100-57-46(86)49(40(80)33(17-68)95-57)98-53-42(82)37(77)29(72)18-89-53/h8,25,27-59,68-86,88H,9-24H2,1-7H3/t25-,27?,28-,29+,30-,31-,32+,33+,34?,35?,36+,37-,38-,39-,40+,41-,42+,43+,44+,45+,46+,47-,48-,49-,50+,51-,52-,53-,54-,55-,56-,57-,58-,59-,62-,63-,64+,65+,66+,67+/m0/s1. The van der Waals surface area contributed by atoms with Crippen LogP contribution in [-0.2, 0) is 71.1 Å². The van der Waals surface area contributed by atoms with Gasteiger partial charge in [-0.3, -0.25) is 4.79 Å². The molecule has 0 bridgehead atoms. The zero-order chi connectivity index (χ0) is 74.2. The average Bonchev–Trinajstić information content (AvgIpc) is 0.717. The lowest BCUT2D eigenvalue weighted by Gasteiger charge is -2.72. The second kappa shape index (κ2) is 29.6. The van der Waals surface area contributed by atoms with Gasteiger partial charge in [-0.25, -0.2) is 0 Å². The van der Waals surface area contributed by atoms with Gasteiger partial charge >= 0.3 is 5.97 Å². The van der Waals surface area contributed by atoms with Crippen molar-refractivity contribution in [2.75, 3.05) is 52.9 Å². The van der Waals surface area contributed by atoms with E-state index in [-0.39, 0.29) is 36.5 Å². The van der Waals surface area contributed by atoms with Gasteiger partial charge in [0.05, 0.1) is 77.3 Å². The maximum Gasteiger partial charge on any atom is 0.317 e. The van der Waals surface area contributed by atoms with E-state index in [0.717, 1.165) is 5.57 Å². The molecule has 0 amide bonds. The Morgan fingerprint density at radius 2 is 1.03 bits per heavy atom. The van der Waals surface area contributed by atoms with Gasteiger partial charge in [-0.1, -0.05) is 53.2 Å². The van der Waals surface area contributed by atoms with Crippen LogP contribution in [0.4, 0.5) is 0 Å². The van der Waals surface area contributed by atoms with Gasteiger partial charge in [0.15, 0.2) is 43.8 Å². The first-order valence-electron chi connectivity index (χ1n) is 35.6. The van der Waals surface area contributed by atoms with Gasteiger partial charge in [0.25, 0.3) is 0 Å². The number of aliphatic hydroxyl groups excluding tert-OH is 19. The lowest BCUT2D eigenvalue weighted by Crippen LogP contribution is -2.71. The maximum atomic E-state index is 15.6. The number of ether oxygens (including phenoxy) is 14. The number of rotatable bonds is 17. The predicted octanol–water partition coefficient (Wildman–Crippen LogP) is -7.42. The summed E-state index contributed by atoms with van der Waals surface area (Å²) < 4.78 is 82.3. The van der Waals surface area contributed by atoms with Crippen LogP contribution >= 0.6 is 0 Å². The van der Waals surface area contributed by atoms with E-state index < -0.39 is 288 Å². The SMILES string of the molecule is C[C@@H]1O[C@@H](O[C@H]2[C@H](OC(=O)[C@]34CCC(C)(C)CC3C3=CCC5[C@@]6(C)C[C@H](O)[C@H](O[C@@H]7O[C@H](CO)[C@@H](O)[C@H](O[C@@H]8OC[C@@H](O)[C@H](O)[C@H]8O)[C@H]7O)[C@@](C)(CO)C6CC[C@@]5(C)[C@]3(C)C[C@H]4O)OC[C@H](O)[C@@H]2O)[C@H](O)[C@H](O)[C@H]1O[C@@H]1OC[C@@H](O)[C@H](O[C@@H]2OC[C@](O)(CO)[C@H]2O[C@@H]2OC[C@H](O)[C@H](O)[C@H]2O)[C@H]1O. The van der Waals surface area contributed by atoms with Crippen LogP contribution in [0.2, 0.25) is 0 Å². The molecular weight excluding hydrogens is 1360 g/mol. The molecule has 3 unspecified atom stereocenters. The van der Waals surface area contributed by atoms with Crippen LogP contribution in [0.25, 0.3) is 0 Å². The van der Waals surface area contributed by atoms with Gasteiger partial charge in [0.1, 0.15) is 127 Å². The van der Waals surface area contributed by atoms with Crippen LogP contribution < -0.4 is 0 Å². The topological polar surface area (TPSA) is 551 Å². The van der Waals surface area contributed by atoms with Gasteiger partial charge < -0.3 is 168 Å². The van der Waals surface area contributed by atoms with E-state index >= 15 is 4.79 Å². The molecule has 11 fully saturated rings. The molecule has 12 aliphatic rings. The zero-order valence-corrected chi connectivity index (χ0v) is 58.1. The summed E-state index contributed by atoms with van der Waals surface area (Å²) in [5.74, 6) is -2.13. The van der Waals surface area contributed by atoms with E-state index in [9.17, 15) is 102 Å². The normalized spacial score (nSPS) is 55.6. The lowest BCUT2D eigenvalue weighted by atomic mass is 9.33. The minimum absolute atomic E-state index is 0.0660. The van der Waals surface area contributed by atoms with Crippen LogP contribution in [0, 0.1) is 50.2 Å². The summed E-state index contributed by atoms with van der Waals surface area (Å²) in [7, 11) is 0. The number of fused-ring (bicyclic) bond motifs is 7. The highest BCUT2D eigenvalue weighted by atomic mass is 16.8. The quantitative estimate of drug-likeness (QED) is 0.0365. The molecule has 7 heterocycles. The van der Waals surface area contributed by atoms with Gasteiger partial charge in [0, 0.05) is 5.41 Å². The Morgan fingerprint density at radius 3 is 1.66 bits per heavy atom. The van der Waals surface area contributed by atoms with Crippen molar-refractivity contribution in [1.82, 2.24) is 0 Å². The Kier molecular flexibility index (Phi) is 23.1. The molecule has 12 rings (SSSR count). The molecule has 4 saturated carbocycles. The van der Waals surface area contributed by atoms with Crippen molar-refractivity contribution < 1.29 is 173 Å². The van der Waals surface area contributed by atoms with Crippen molar-refractivity contribution in [3.63, 3.8) is 0 Å². The smallest absolute Gasteiger partial charge is 0.317 e. The van der Waals surface area contributed by atoms with Gasteiger partial charge in [-0.05, 0) is 97.7 Å². The number of esters is 1. The van der Waals surface area contributed by atoms with Crippen molar-refractivity contribution in [3.05, 3.63) is 11.6 Å². The van der Waals surface area contributed by atoms with Gasteiger partial charge in [0.2, 0.25) is 6.29 Å². The molecule has 0 spiro atoms. The van der Waals surface area contributed by atoms with Crippen molar-refractivity contribution in [3.8, 4) is 0 Å². The molecule has 7 saturated heterocycles. The lowest BCUT2D eigenvalue weighted by molar-refractivity contribution is -0.373. The summed E-state index contributed by atoms with van der Waals surface area (Å²) in [4.78, 5) is 15.6. The first-order chi connectivity index (χ1) is 47.9. The monoisotopic (exact) mass is 1470 g/mol. The van der Waals surface area contributed by atoms with Crippen molar-refractivity contribution >= 4 is 5.97 Å². The van der Waals surface area contributed by atoms with Crippen molar-refractivity contribution in [2.24, 2.45) is 50.2 Å². The van der Waals surface area contributed by atoms with E-state index in [1.807, 2.05) is 0 Å². The molecule has 102 heavy (non-hydrogen) atoms. The first-order valence-corrected chi connectivity index (χ1v) is 35.6. The van der Waals surface area contributed by atoms with E-state index in [1.165, 1.54) is 6.92 Å². The highest BCUT2D eigenvalue weighted by Gasteiger charge is 2.74. The molecule has 5 aliphatic carbocycles. The van der Waals surface area contributed by atoms with Crippen LogP contribution in [0.15, 0.2) is 11.6 Å². The Bertz CT molecular complexity index is 2920. The fourth-order valence-corrected chi connectivity index (χ4v) is 19.8. The number of hydrogen-bond donors (Lipinski definition) is 20. The van der Waals surface area contributed by atoms with Crippen LogP contribution in [0.1, 0.15) is 99.8 Å². The zero-order valence-electron chi connectivity index (χ0n) is 58.1. The van der Waals surface area contributed by atoms with E-state index in [1.54, 1.807) is 6.92 Å². The molecule has 7 aliphatic heterocycles. The molecule has 40 atom stereocenters. The fourth-order valence-electron chi connectivity index (χ4n) is 19.8. The summed E-state index contributed by atoms with van der Waals surface area (Å²) in [6.45, 7) is 8.73. The van der Waals surface area contributed by atoms with E-state index in [2.05, 4.69) is 40.7 Å². The number of carbonyl (C=O) groups excluding carboxylic acids is 1. The minimum atomic E-state index is -2.22. The molecule has 0 aromatic rings. The van der Waals surface area contributed by atoms with Crippen LogP contribution in [0.5, 0.6) is 0 Å². The van der Waals surface area contributed by atoms with Crippen LogP contribution in [-0.4, -0.2) is 357 Å². The second-order valence-corrected chi connectivity index (χ2v) is 32.7. The predicted molar refractivity (Wildman–Crippen MR) is 333 cm³/mol. The molecule has 586 valence electrons. The number of carbonyl (C=O) groups is 1. The summed E-state index contributed by atoms with van der Waals surface area (Å²) >= 11 is 0. The molecule has 0 aromatic carbocycles. The Balaban J connectivity index is 0.731. The van der Waals surface area contributed by atoms with E-state index in [4.69, 9.17) is 66.3 Å². The number of aliphatic hydroxyl groups is 20. The van der Waals surface area contributed by atoms with Crippen LogP contribution in [0.3, 0.4) is 0 Å². The van der Waals surface area contributed by atoms with E-state index in [0.29, 0.717) is 32.1 Å². The van der Waals surface area contributed by atoms with Gasteiger partial charge in [-0.15, -0.1) is 0 Å². The Morgan fingerprint density at radius 1 is 0.490 bits per heavy atom. The third kappa shape index (κ3) is 13.4. The fraction of sp³-hybridized carbons (Fsp3) is 0.955. The summed E-state index contributed by atoms with van der Waals surface area (Å²) in [6.07, 6.45) is -47.0. The number of allylic oxidation sites excluding steroid dienone is 2. The molecule has 20 N–H and O–H groups in total. The molecule has 35 nitrogen and oxygen atoms in total. The summed E-state index contributed by atoms with van der Waals surface area (Å²) in [6, 6.07) is 0. The molecule has 35 heteroatoms. The summed E-state index contributed by atoms with van der Waals surface area (Å²) in [5, 5.41) is 223. The largest absolute Gasteiger partial charge is 0.432 e. The molecular formula is C67H108O35. The summed E-state index contributed by atoms with van der Waals surface area (Å²) in [5.41, 5.74) is -6.73. The van der Waals surface area contributed by atoms with Crippen molar-refractivity contribution in [2.45, 2.75) is 296 Å².